The predicted molar refractivity (Wildman–Crippen MR) is 87.6 cm³/mol. The maximum absolute atomic E-state index is 12.4. The molecule has 1 aromatic heterocycles. The quantitative estimate of drug-likeness (QED) is 0.878. The predicted octanol–water partition coefficient (Wildman–Crippen LogP) is 1.79. The summed E-state index contributed by atoms with van der Waals surface area (Å²) in [7, 11) is 1.67. The number of hydrogen-bond acceptors (Lipinski definition) is 4. The zero-order chi connectivity index (χ0) is 15.6. The third-order valence-electron chi connectivity index (χ3n) is 3.86. The average Bonchev–Trinajstić information content (AvgIpc) is 2.87. The van der Waals surface area contributed by atoms with E-state index in [4.69, 9.17) is 0 Å². The van der Waals surface area contributed by atoms with E-state index in [1.54, 1.807) is 13.1 Å². The molecule has 2 rings (SSSR count). The first-order valence-corrected chi connectivity index (χ1v) is 8.54. The molecule has 0 saturated carbocycles. The summed E-state index contributed by atoms with van der Waals surface area (Å²) in [4.78, 5) is 28.6. The fourth-order valence-electron chi connectivity index (χ4n) is 2.39. The lowest BCUT2D eigenvalue weighted by Gasteiger charge is -2.39. The molecule has 0 aliphatic carbocycles. The number of thiophene rings is 1. The fraction of sp³-hybridized carbons (Fsp3) is 0.571. The lowest BCUT2D eigenvalue weighted by molar-refractivity contribution is -0.135. The van der Waals surface area contributed by atoms with Crippen molar-refractivity contribution < 1.29 is 9.59 Å². The summed E-state index contributed by atoms with van der Waals surface area (Å²) in [5, 5.41) is 3.34. The number of likely N-dealkylation sites (N-methyl/N-ethyl adjacent to an activating group) is 1. The van der Waals surface area contributed by atoms with Crippen LogP contribution in [0.4, 0.5) is 0 Å². The Hall–Kier alpha value is -0.920. The third-order valence-corrected chi connectivity index (χ3v) is 5.47. The van der Waals surface area contributed by atoms with Crippen LogP contribution < -0.4 is 5.32 Å². The van der Waals surface area contributed by atoms with E-state index in [0.717, 1.165) is 10.3 Å². The summed E-state index contributed by atoms with van der Waals surface area (Å²) >= 11 is 4.72. The van der Waals surface area contributed by atoms with Gasteiger partial charge in [0.15, 0.2) is 0 Å². The third kappa shape index (κ3) is 3.84. The maximum Gasteiger partial charge on any atom is 0.264 e. The molecule has 1 aromatic rings. The fourth-order valence-corrected chi connectivity index (χ4v) is 3.77. The topological polar surface area (TPSA) is 52.7 Å². The molecular formula is C14H20BrN3O2S. The highest BCUT2D eigenvalue weighted by molar-refractivity contribution is 9.11. The number of nitrogens with zero attached hydrogens (tertiary/aromatic N) is 2. The van der Waals surface area contributed by atoms with Crippen molar-refractivity contribution in [2.45, 2.75) is 25.9 Å². The monoisotopic (exact) mass is 373 g/mol. The van der Waals surface area contributed by atoms with Crippen molar-refractivity contribution in [1.82, 2.24) is 15.1 Å². The summed E-state index contributed by atoms with van der Waals surface area (Å²) < 4.78 is 0.912. The van der Waals surface area contributed by atoms with Gasteiger partial charge in [-0.05, 0) is 41.9 Å². The van der Waals surface area contributed by atoms with Gasteiger partial charge in [0, 0.05) is 32.2 Å². The van der Waals surface area contributed by atoms with Crippen LogP contribution in [0, 0.1) is 0 Å². The molecule has 2 amide bonds. The van der Waals surface area contributed by atoms with E-state index in [-0.39, 0.29) is 30.4 Å². The molecule has 2 atom stereocenters. The number of carbonyl (C=O) groups is 2. The molecule has 7 heteroatoms. The maximum atomic E-state index is 12.4. The van der Waals surface area contributed by atoms with Crippen LogP contribution in [0.2, 0.25) is 0 Å². The molecule has 0 aromatic carbocycles. The van der Waals surface area contributed by atoms with E-state index in [2.05, 4.69) is 28.2 Å². The molecule has 5 nitrogen and oxygen atoms in total. The minimum Gasteiger partial charge on any atom is -0.336 e. The lowest BCUT2D eigenvalue weighted by atomic mass is 10.1. The Labute approximate surface area is 137 Å². The van der Waals surface area contributed by atoms with E-state index in [1.165, 1.54) is 16.2 Å². The second-order valence-corrected chi connectivity index (χ2v) is 7.80. The zero-order valence-corrected chi connectivity index (χ0v) is 14.8. The van der Waals surface area contributed by atoms with Crippen LogP contribution in [0.25, 0.3) is 0 Å². The van der Waals surface area contributed by atoms with E-state index < -0.39 is 0 Å². The Morgan fingerprint density at radius 2 is 2.19 bits per heavy atom. The number of hydrogen-bond donors (Lipinski definition) is 1. The van der Waals surface area contributed by atoms with Crippen LogP contribution >= 0.6 is 27.3 Å². The molecule has 0 radical (unpaired) electrons. The molecule has 116 valence electrons. The largest absolute Gasteiger partial charge is 0.336 e. The molecule has 1 aliphatic rings. The highest BCUT2D eigenvalue weighted by Gasteiger charge is 2.29. The first-order chi connectivity index (χ1) is 9.90. The number of piperazine rings is 1. The van der Waals surface area contributed by atoms with Gasteiger partial charge in [-0.3, -0.25) is 9.59 Å². The van der Waals surface area contributed by atoms with Crippen LogP contribution in [0.1, 0.15) is 23.5 Å². The van der Waals surface area contributed by atoms with Gasteiger partial charge < -0.3 is 15.1 Å². The first-order valence-electron chi connectivity index (χ1n) is 6.94. The van der Waals surface area contributed by atoms with E-state index in [1.807, 2.05) is 17.9 Å². The zero-order valence-electron chi connectivity index (χ0n) is 12.4. The molecule has 1 saturated heterocycles. The van der Waals surface area contributed by atoms with Crippen molar-refractivity contribution in [2.24, 2.45) is 0 Å². The Morgan fingerprint density at radius 1 is 1.48 bits per heavy atom. The highest BCUT2D eigenvalue weighted by Crippen LogP contribution is 2.23. The van der Waals surface area contributed by atoms with Crippen LogP contribution in [0.3, 0.4) is 0 Å². The van der Waals surface area contributed by atoms with Crippen LogP contribution in [0.5, 0.6) is 0 Å². The molecule has 1 aliphatic heterocycles. The van der Waals surface area contributed by atoms with Gasteiger partial charge in [-0.25, -0.2) is 0 Å². The van der Waals surface area contributed by atoms with Crippen LogP contribution in [-0.4, -0.2) is 60.4 Å². The molecule has 2 unspecified atom stereocenters. The Morgan fingerprint density at radius 3 is 2.81 bits per heavy atom. The molecule has 2 heterocycles. The van der Waals surface area contributed by atoms with Crippen molar-refractivity contribution in [3.05, 3.63) is 20.8 Å². The van der Waals surface area contributed by atoms with E-state index >= 15 is 0 Å². The van der Waals surface area contributed by atoms with Gasteiger partial charge in [-0.1, -0.05) is 0 Å². The summed E-state index contributed by atoms with van der Waals surface area (Å²) in [6.45, 7) is 5.71. The minimum absolute atomic E-state index is 0.00215. The summed E-state index contributed by atoms with van der Waals surface area (Å²) in [5.74, 6) is -0.114. The van der Waals surface area contributed by atoms with Crippen molar-refractivity contribution in [3.63, 3.8) is 0 Å². The normalized spacial score (nSPS) is 22.2. The molecule has 1 fully saturated rings. The minimum atomic E-state index is -0.116. The van der Waals surface area contributed by atoms with Crippen molar-refractivity contribution >= 4 is 39.1 Å². The van der Waals surface area contributed by atoms with Crippen LogP contribution in [0.15, 0.2) is 15.9 Å². The Balaban J connectivity index is 1.97. The second kappa shape index (κ2) is 6.89. The first kappa shape index (κ1) is 16.5. The standard InChI is InChI=1S/C14H20BrN3O2S/c1-9-10(2)18(7-6-16-9)13(19)8-17(3)14(20)11-4-5-12(15)21-11/h4-5,9-10,16H,6-8H2,1-3H3. The molecule has 0 spiro atoms. The average molecular weight is 374 g/mol. The van der Waals surface area contributed by atoms with Crippen molar-refractivity contribution in [2.75, 3.05) is 26.7 Å². The summed E-state index contributed by atoms with van der Waals surface area (Å²) in [6, 6.07) is 4.03. The van der Waals surface area contributed by atoms with Gasteiger partial charge in [0.05, 0.1) is 15.2 Å². The summed E-state index contributed by atoms with van der Waals surface area (Å²) in [6.07, 6.45) is 0. The number of amides is 2. The smallest absolute Gasteiger partial charge is 0.264 e. The number of nitrogens with one attached hydrogen (secondary N) is 1. The van der Waals surface area contributed by atoms with Crippen LogP contribution in [-0.2, 0) is 4.79 Å². The highest BCUT2D eigenvalue weighted by atomic mass is 79.9. The second-order valence-electron chi connectivity index (χ2n) is 5.34. The molecular weight excluding hydrogens is 354 g/mol. The van der Waals surface area contributed by atoms with Gasteiger partial charge in [0.25, 0.3) is 5.91 Å². The molecule has 1 N–H and O–H groups in total. The van der Waals surface area contributed by atoms with E-state index in [0.29, 0.717) is 11.4 Å². The van der Waals surface area contributed by atoms with Gasteiger partial charge in [-0.15, -0.1) is 11.3 Å². The van der Waals surface area contributed by atoms with Gasteiger partial charge >= 0.3 is 0 Å². The Bertz CT molecular complexity index is 534. The van der Waals surface area contributed by atoms with Gasteiger partial charge in [-0.2, -0.15) is 0 Å². The SMILES string of the molecule is CC1NCCN(C(=O)CN(C)C(=O)c2ccc(Br)s2)C1C. The van der Waals surface area contributed by atoms with E-state index in [9.17, 15) is 9.59 Å². The number of halogens is 1. The Kier molecular flexibility index (Phi) is 5.40. The van der Waals surface area contributed by atoms with Crippen molar-refractivity contribution in [1.29, 1.82) is 0 Å². The van der Waals surface area contributed by atoms with Crippen molar-refractivity contribution in [3.8, 4) is 0 Å². The number of carbonyl (C=O) groups excluding carboxylic acids is 2. The number of rotatable bonds is 3. The molecule has 0 bridgehead atoms. The van der Waals surface area contributed by atoms with Gasteiger partial charge in [0.2, 0.25) is 5.91 Å². The molecule has 21 heavy (non-hydrogen) atoms. The summed E-state index contributed by atoms with van der Waals surface area (Å²) in [5.41, 5.74) is 0. The van der Waals surface area contributed by atoms with Gasteiger partial charge in [0.1, 0.15) is 0 Å². The lowest BCUT2D eigenvalue weighted by Crippen LogP contribution is -2.58.